The van der Waals surface area contributed by atoms with Crippen LogP contribution in [0.2, 0.25) is 0 Å². The average molecular weight is 240 g/mol. The van der Waals surface area contributed by atoms with Gasteiger partial charge in [-0.2, -0.15) is 10.4 Å². The van der Waals surface area contributed by atoms with Crippen LogP contribution in [-0.4, -0.2) is 15.8 Å². The van der Waals surface area contributed by atoms with Crippen molar-refractivity contribution in [1.82, 2.24) is 9.78 Å². The number of anilines is 1. The maximum Gasteiger partial charge on any atom is 0.0992 e. The lowest BCUT2D eigenvalue weighted by Gasteiger charge is -2.15. The molecule has 0 saturated heterocycles. The van der Waals surface area contributed by atoms with Crippen LogP contribution in [0, 0.1) is 11.3 Å². The van der Waals surface area contributed by atoms with Gasteiger partial charge in [-0.3, -0.25) is 4.68 Å². The standard InChI is InChI=1S/C14H16N4/c1-12(6-9-18-8-3-7-16-18)17-14-5-2-4-13(10-14)11-15/h2-5,7-8,10,12,17H,6,9H2,1H3/t12-/m1/s1. The highest BCUT2D eigenvalue weighted by Gasteiger charge is 2.03. The zero-order valence-corrected chi connectivity index (χ0v) is 10.4. The molecule has 0 aliphatic carbocycles. The van der Waals surface area contributed by atoms with Gasteiger partial charge in [0.05, 0.1) is 11.6 Å². The van der Waals surface area contributed by atoms with Gasteiger partial charge >= 0.3 is 0 Å². The molecule has 2 rings (SSSR count). The minimum absolute atomic E-state index is 0.336. The van der Waals surface area contributed by atoms with E-state index in [9.17, 15) is 0 Å². The van der Waals surface area contributed by atoms with E-state index < -0.39 is 0 Å². The summed E-state index contributed by atoms with van der Waals surface area (Å²) in [5.41, 5.74) is 1.67. The van der Waals surface area contributed by atoms with E-state index in [0.717, 1.165) is 18.7 Å². The number of aromatic nitrogens is 2. The van der Waals surface area contributed by atoms with Gasteiger partial charge in [0, 0.05) is 30.7 Å². The molecule has 92 valence electrons. The Morgan fingerprint density at radius 2 is 2.33 bits per heavy atom. The van der Waals surface area contributed by atoms with Crippen molar-refractivity contribution in [2.45, 2.75) is 25.9 Å². The van der Waals surface area contributed by atoms with Crippen LogP contribution >= 0.6 is 0 Å². The summed E-state index contributed by atoms with van der Waals surface area (Å²) in [6, 6.07) is 11.9. The second-order valence-electron chi connectivity index (χ2n) is 4.30. The minimum Gasteiger partial charge on any atom is -0.382 e. The van der Waals surface area contributed by atoms with E-state index in [1.807, 2.05) is 35.1 Å². The summed E-state index contributed by atoms with van der Waals surface area (Å²) in [6.07, 6.45) is 4.73. The number of benzene rings is 1. The molecule has 0 spiro atoms. The maximum atomic E-state index is 8.84. The Balaban J connectivity index is 1.87. The summed E-state index contributed by atoms with van der Waals surface area (Å²) in [4.78, 5) is 0. The average Bonchev–Trinajstić information content (AvgIpc) is 2.90. The van der Waals surface area contributed by atoms with Crippen molar-refractivity contribution >= 4 is 5.69 Å². The first-order valence-corrected chi connectivity index (χ1v) is 6.02. The highest BCUT2D eigenvalue weighted by Crippen LogP contribution is 2.12. The first kappa shape index (κ1) is 12.2. The van der Waals surface area contributed by atoms with Crippen LogP contribution in [0.3, 0.4) is 0 Å². The van der Waals surface area contributed by atoms with Crippen molar-refractivity contribution in [2.75, 3.05) is 5.32 Å². The van der Waals surface area contributed by atoms with Crippen LogP contribution in [-0.2, 0) is 6.54 Å². The second kappa shape index (κ2) is 5.87. The molecule has 1 atom stereocenters. The van der Waals surface area contributed by atoms with Crippen molar-refractivity contribution in [3.8, 4) is 6.07 Å². The van der Waals surface area contributed by atoms with Crippen molar-refractivity contribution in [2.24, 2.45) is 0 Å². The summed E-state index contributed by atoms with van der Waals surface area (Å²) >= 11 is 0. The van der Waals surface area contributed by atoms with Crippen molar-refractivity contribution < 1.29 is 0 Å². The molecule has 0 amide bonds. The third-order valence-corrected chi connectivity index (χ3v) is 2.76. The summed E-state index contributed by atoms with van der Waals surface area (Å²) < 4.78 is 1.92. The molecule has 0 bridgehead atoms. The molecule has 1 aromatic carbocycles. The number of nitriles is 1. The summed E-state index contributed by atoms with van der Waals surface area (Å²) in [7, 11) is 0. The second-order valence-corrected chi connectivity index (χ2v) is 4.30. The quantitative estimate of drug-likeness (QED) is 0.874. The first-order valence-electron chi connectivity index (χ1n) is 6.02. The van der Waals surface area contributed by atoms with Gasteiger partial charge in [0.25, 0.3) is 0 Å². The zero-order valence-electron chi connectivity index (χ0n) is 10.4. The van der Waals surface area contributed by atoms with E-state index in [1.165, 1.54) is 0 Å². The topological polar surface area (TPSA) is 53.6 Å². The Kier molecular flexibility index (Phi) is 3.98. The van der Waals surface area contributed by atoms with E-state index >= 15 is 0 Å². The highest BCUT2D eigenvalue weighted by atomic mass is 15.3. The molecule has 0 radical (unpaired) electrons. The zero-order chi connectivity index (χ0) is 12.8. The number of hydrogen-bond donors (Lipinski definition) is 1. The highest BCUT2D eigenvalue weighted by molar-refractivity contribution is 5.49. The fourth-order valence-corrected chi connectivity index (χ4v) is 1.79. The number of nitrogens with zero attached hydrogens (tertiary/aromatic N) is 3. The Morgan fingerprint density at radius 1 is 1.44 bits per heavy atom. The van der Waals surface area contributed by atoms with Gasteiger partial charge in [-0.25, -0.2) is 0 Å². The SMILES string of the molecule is C[C@H](CCn1cccn1)Nc1cccc(C#N)c1. The van der Waals surface area contributed by atoms with E-state index in [1.54, 1.807) is 12.3 Å². The van der Waals surface area contributed by atoms with Crippen LogP contribution in [0.15, 0.2) is 42.7 Å². The fourth-order valence-electron chi connectivity index (χ4n) is 1.79. The van der Waals surface area contributed by atoms with Gasteiger partial charge in [-0.1, -0.05) is 6.07 Å². The first-order chi connectivity index (χ1) is 8.78. The Hall–Kier alpha value is -2.28. The fraction of sp³-hybridized carbons (Fsp3) is 0.286. The Morgan fingerprint density at radius 3 is 3.06 bits per heavy atom. The van der Waals surface area contributed by atoms with Crippen LogP contribution < -0.4 is 5.32 Å². The van der Waals surface area contributed by atoms with Crippen LogP contribution in [0.4, 0.5) is 5.69 Å². The molecular weight excluding hydrogens is 224 g/mol. The number of nitrogens with one attached hydrogen (secondary N) is 1. The van der Waals surface area contributed by atoms with Crippen LogP contribution in [0.1, 0.15) is 18.9 Å². The Labute approximate surface area is 107 Å². The molecule has 0 saturated carbocycles. The summed E-state index contributed by atoms with van der Waals surface area (Å²) in [5, 5.41) is 16.4. The van der Waals surface area contributed by atoms with Crippen LogP contribution in [0.5, 0.6) is 0 Å². The third kappa shape index (κ3) is 3.36. The van der Waals surface area contributed by atoms with E-state index in [2.05, 4.69) is 23.4 Å². The molecule has 0 fully saturated rings. The summed E-state index contributed by atoms with van der Waals surface area (Å²) in [5.74, 6) is 0. The molecule has 0 unspecified atom stereocenters. The lowest BCUT2D eigenvalue weighted by molar-refractivity contribution is 0.546. The smallest absolute Gasteiger partial charge is 0.0992 e. The minimum atomic E-state index is 0.336. The van der Waals surface area contributed by atoms with Crippen LogP contribution in [0.25, 0.3) is 0 Å². The van der Waals surface area contributed by atoms with E-state index in [4.69, 9.17) is 5.26 Å². The van der Waals surface area contributed by atoms with Gasteiger partial charge in [0.1, 0.15) is 0 Å². The molecule has 1 N–H and O–H groups in total. The lowest BCUT2D eigenvalue weighted by atomic mass is 10.2. The normalized spacial score (nSPS) is 11.8. The predicted octanol–water partition coefficient (Wildman–Crippen LogP) is 2.65. The van der Waals surface area contributed by atoms with Crippen molar-refractivity contribution in [3.05, 3.63) is 48.3 Å². The van der Waals surface area contributed by atoms with Crippen molar-refractivity contribution in [3.63, 3.8) is 0 Å². The van der Waals surface area contributed by atoms with Gasteiger partial charge in [-0.05, 0) is 37.6 Å². The summed E-state index contributed by atoms with van der Waals surface area (Å²) in [6.45, 7) is 3.02. The lowest BCUT2D eigenvalue weighted by Crippen LogP contribution is -2.17. The Bertz CT molecular complexity index is 525. The predicted molar refractivity (Wildman–Crippen MR) is 71.1 cm³/mol. The van der Waals surface area contributed by atoms with Gasteiger partial charge in [0.2, 0.25) is 0 Å². The maximum absolute atomic E-state index is 8.84. The molecular formula is C14H16N4. The van der Waals surface area contributed by atoms with Gasteiger partial charge in [0.15, 0.2) is 0 Å². The largest absolute Gasteiger partial charge is 0.382 e. The van der Waals surface area contributed by atoms with Crippen molar-refractivity contribution in [1.29, 1.82) is 5.26 Å². The molecule has 4 heteroatoms. The molecule has 1 aromatic heterocycles. The number of rotatable bonds is 5. The number of aryl methyl sites for hydroxylation is 1. The molecule has 0 aliphatic heterocycles. The van der Waals surface area contributed by atoms with Gasteiger partial charge < -0.3 is 5.32 Å². The molecule has 1 heterocycles. The molecule has 2 aromatic rings. The monoisotopic (exact) mass is 240 g/mol. The third-order valence-electron chi connectivity index (χ3n) is 2.76. The van der Waals surface area contributed by atoms with Gasteiger partial charge in [-0.15, -0.1) is 0 Å². The molecule has 18 heavy (non-hydrogen) atoms. The van der Waals surface area contributed by atoms with E-state index in [0.29, 0.717) is 11.6 Å². The molecule has 0 aliphatic rings. The van der Waals surface area contributed by atoms with E-state index in [-0.39, 0.29) is 0 Å². The molecule has 4 nitrogen and oxygen atoms in total. The number of hydrogen-bond acceptors (Lipinski definition) is 3.